The Hall–Kier alpha value is -0.600. The molecule has 0 aromatic carbocycles. The minimum absolute atomic E-state index is 0.368. The van der Waals surface area contributed by atoms with Crippen molar-refractivity contribution in [1.82, 2.24) is 4.98 Å². The second-order valence-corrected chi connectivity index (χ2v) is 3.99. The van der Waals surface area contributed by atoms with E-state index in [0.29, 0.717) is 5.15 Å². The number of aliphatic hydroxyl groups is 1. The number of rotatable bonds is 3. The Morgan fingerprint density at radius 2 is 2.38 bits per heavy atom. The number of aliphatic hydroxyl groups excluding tert-OH is 1. The van der Waals surface area contributed by atoms with Crippen molar-refractivity contribution in [3.63, 3.8) is 0 Å². The second kappa shape index (κ2) is 3.64. The second-order valence-electron chi connectivity index (χ2n) is 3.61. The molecule has 1 atom stereocenters. The fourth-order valence-corrected chi connectivity index (χ4v) is 1.61. The summed E-state index contributed by atoms with van der Waals surface area (Å²) in [5.74, 6) is 0.724. The molecule has 0 amide bonds. The zero-order valence-electron chi connectivity index (χ0n) is 7.28. The van der Waals surface area contributed by atoms with E-state index in [1.807, 2.05) is 6.07 Å². The van der Waals surface area contributed by atoms with Gasteiger partial charge < -0.3 is 5.11 Å². The molecule has 1 aromatic rings. The molecule has 1 aromatic heterocycles. The van der Waals surface area contributed by atoms with E-state index < -0.39 is 0 Å². The van der Waals surface area contributed by atoms with Gasteiger partial charge in [-0.1, -0.05) is 24.4 Å². The van der Waals surface area contributed by atoms with Crippen molar-refractivity contribution in [2.24, 2.45) is 5.92 Å². The zero-order valence-corrected chi connectivity index (χ0v) is 8.04. The molecule has 70 valence electrons. The first-order chi connectivity index (χ1) is 6.25. The molecule has 1 saturated carbocycles. The third-order valence-electron chi connectivity index (χ3n) is 2.39. The first-order valence-corrected chi connectivity index (χ1v) is 4.93. The number of halogens is 1. The van der Waals surface area contributed by atoms with E-state index >= 15 is 0 Å². The van der Waals surface area contributed by atoms with Crippen LogP contribution in [0.3, 0.4) is 0 Å². The summed E-state index contributed by atoms with van der Waals surface area (Å²) in [7, 11) is 0. The van der Waals surface area contributed by atoms with Gasteiger partial charge in [0.15, 0.2) is 0 Å². The van der Waals surface area contributed by atoms with Crippen LogP contribution in [0, 0.1) is 5.92 Å². The Morgan fingerprint density at radius 1 is 1.62 bits per heavy atom. The quantitative estimate of drug-likeness (QED) is 0.756. The summed E-state index contributed by atoms with van der Waals surface area (Å²) >= 11 is 5.72. The van der Waals surface area contributed by atoms with Gasteiger partial charge in [-0.05, 0) is 30.0 Å². The Kier molecular flexibility index (Phi) is 2.51. The molecule has 0 saturated heterocycles. The molecular formula is C10H12ClNO. The average molecular weight is 198 g/mol. The van der Waals surface area contributed by atoms with Gasteiger partial charge in [0.25, 0.3) is 0 Å². The number of pyridine rings is 1. The predicted octanol–water partition coefficient (Wildman–Crippen LogP) is 2.57. The summed E-state index contributed by atoms with van der Waals surface area (Å²) in [6, 6.07) is 3.55. The van der Waals surface area contributed by atoms with Gasteiger partial charge >= 0.3 is 0 Å². The van der Waals surface area contributed by atoms with Crippen molar-refractivity contribution in [3.05, 3.63) is 29.0 Å². The Labute approximate surface area is 82.6 Å². The minimum Gasteiger partial charge on any atom is -0.388 e. The van der Waals surface area contributed by atoms with Crippen LogP contribution in [0.15, 0.2) is 18.3 Å². The lowest BCUT2D eigenvalue weighted by atomic mass is 10.1. The highest BCUT2D eigenvalue weighted by Crippen LogP contribution is 2.37. The first kappa shape index (κ1) is 8.97. The predicted molar refractivity (Wildman–Crippen MR) is 51.5 cm³/mol. The molecule has 0 bridgehead atoms. The van der Waals surface area contributed by atoms with Crippen LogP contribution >= 0.6 is 11.6 Å². The van der Waals surface area contributed by atoms with E-state index in [-0.39, 0.29) is 6.10 Å². The number of nitrogens with zero attached hydrogens (tertiary/aromatic N) is 1. The topological polar surface area (TPSA) is 33.1 Å². The van der Waals surface area contributed by atoms with Crippen molar-refractivity contribution in [2.75, 3.05) is 0 Å². The van der Waals surface area contributed by atoms with Gasteiger partial charge in [0, 0.05) is 6.20 Å². The standard InChI is InChI=1S/C10H12ClNO/c11-10-6-8(3-4-12-10)9(13)5-7-1-2-7/h3-4,6-7,9,13H,1-2,5H2/t9-/m0/s1. The molecule has 0 unspecified atom stereocenters. The van der Waals surface area contributed by atoms with E-state index in [4.69, 9.17) is 11.6 Å². The third kappa shape index (κ3) is 2.42. The number of hydrogen-bond donors (Lipinski definition) is 1. The Bertz CT molecular complexity index is 299. The van der Waals surface area contributed by atoms with Gasteiger partial charge in [0.05, 0.1) is 6.10 Å². The molecule has 0 radical (unpaired) electrons. The van der Waals surface area contributed by atoms with Crippen LogP contribution in [0.25, 0.3) is 0 Å². The normalized spacial score (nSPS) is 18.6. The van der Waals surface area contributed by atoms with Crippen LogP contribution in [0.1, 0.15) is 30.9 Å². The van der Waals surface area contributed by atoms with Crippen LogP contribution in [0.2, 0.25) is 5.15 Å². The van der Waals surface area contributed by atoms with Crippen molar-refractivity contribution < 1.29 is 5.11 Å². The maximum absolute atomic E-state index is 9.77. The van der Waals surface area contributed by atoms with Gasteiger partial charge in [0.2, 0.25) is 0 Å². The van der Waals surface area contributed by atoms with Gasteiger partial charge in [-0.2, -0.15) is 0 Å². The van der Waals surface area contributed by atoms with Crippen LogP contribution < -0.4 is 0 Å². The Morgan fingerprint density at radius 3 is 3.00 bits per heavy atom. The summed E-state index contributed by atoms with van der Waals surface area (Å²) in [6.07, 6.45) is 4.65. The van der Waals surface area contributed by atoms with Crippen molar-refractivity contribution in [2.45, 2.75) is 25.4 Å². The van der Waals surface area contributed by atoms with Crippen molar-refractivity contribution in [1.29, 1.82) is 0 Å². The molecule has 0 aliphatic heterocycles. The number of aromatic nitrogens is 1. The molecule has 3 heteroatoms. The van der Waals surface area contributed by atoms with Gasteiger partial charge in [-0.3, -0.25) is 0 Å². The monoisotopic (exact) mass is 197 g/mol. The van der Waals surface area contributed by atoms with E-state index in [1.54, 1.807) is 12.3 Å². The molecule has 1 fully saturated rings. The van der Waals surface area contributed by atoms with Crippen molar-refractivity contribution in [3.8, 4) is 0 Å². The highest BCUT2D eigenvalue weighted by molar-refractivity contribution is 6.29. The molecular weight excluding hydrogens is 186 g/mol. The van der Waals surface area contributed by atoms with E-state index in [1.165, 1.54) is 12.8 Å². The summed E-state index contributed by atoms with van der Waals surface area (Å²) in [4.78, 5) is 3.87. The first-order valence-electron chi connectivity index (χ1n) is 4.55. The van der Waals surface area contributed by atoms with Crippen LogP contribution in [0.4, 0.5) is 0 Å². The Balaban J connectivity index is 2.04. The molecule has 0 spiro atoms. The lowest BCUT2D eigenvalue weighted by Gasteiger charge is -2.09. The SMILES string of the molecule is O[C@@H](CC1CC1)c1ccnc(Cl)c1. The maximum atomic E-state index is 9.77. The summed E-state index contributed by atoms with van der Waals surface area (Å²) in [6.45, 7) is 0. The zero-order chi connectivity index (χ0) is 9.26. The lowest BCUT2D eigenvalue weighted by molar-refractivity contribution is 0.160. The molecule has 13 heavy (non-hydrogen) atoms. The van der Waals surface area contributed by atoms with Crippen LogP contribution in [-0.4, -0.2) is 10.1 Å². The smallest absolute Gasteiger partial charge is 0.129 e. The van der Waals surface area contributed by atoms with E-state index in [9.17, 15) is 5.11 Å². The molecule has 1 aliphatic rings. The highest BCUT2D eigenvalue weighted by Gasteiger charge is 2.25. The van der Waals surface area contributed by atoms with Crippen LogP contribution in [-0.2, 0) is 0 Å². The summed E-state index contributed by atoms with van der Waals surface area (Å²) < 4.78 is 0. The summed E-state index contributed by atoms with van der Waals surface area (Å²) in [5, 5.41) is 10.2. The fourth-order valence-electron chi connectivity index (χ4n) is 1.43. The summed E-state index contributed by atoms with van der Waals surface area (Å²) in [5.41, 5.74) is 0.881. The van der Waals surface area contributed by atoms with Gasteiger partial charge in [-0.25, -0.2) is 4.98 Å². The fraction of sp³-hybridized carbons (Fsp3) is 0.500. The van der Waals surface area contributed by atoms with Gasteiger partial charge in [-0.15, -0.1) is 0 Å². The largest absolute Gasteiger partial charge is 0.388 e. The average Bonchev–Trinajstić information content (AvgIpc) is 2.88. The van der Waals surface area contributed by atoms with E-state index in [2.05, 4.69) is 4.98 Å². The third-order valence-corrected chi connectivity index (χ3v) is 2.60. The number of hydrogen-bond acceptors (Lipinski definition) is 2. The molecule has 1 N–H and O–H groups in total. The van der Waals surface area contributed by atoms with E-state index in [0.717, 1.165) is 17.9 Å². The maximum Gasteiger partial charge on any atom is 0.129 e. The van der Waals surface area contributed by atoms with Crippen LogP contribution in [0.5, 0.6) is 0 Å². The molecule has 1 heterocycles. The van der Waals surface area contributed by atoms with Gasteiger partial charge in [0.1, 0.15) is 5.15 Å². The molecule has 1 aliphatic carbocycles. The highest BCUT2D eigenvalue weighted by atomic mass is 35.5. The minimum atomic E-state index is -0.368. The molecule has 2 rings (SSSR count). The lowest BCUT2D eigenvalue weighted by Crippen LogP contribution is -1.98. The molecule has 2 nitrogen and oxygen atoms in total. The van der Waals surface area contributed by atoms with Crippen molar-refractivity contribution >= 4 is 11.6 Å².